The van der Waals surface area contributed by atoms with Crippen molar-refractivity contribution in [3.05, 3.63) is 83.2 Å². The highest BCUT2D eigenvalue weighted by atomic mass is 16.3. The van der Waals surface area contributed by atoms with E-state index in [9.17, 15) is 9.59 Å². The number of hydrogen-bond acceptors (Lipinski definition) is 5. The van der Waals surface area contributed by atoms with E-state index in [2.05, 4.69) is 25.6 Å². The second-order valence-electron chi connectivity index (χ2n) is 7.86. The third kappa shape index (κ3) is 5.28. The molecule has 2 amide bonds. The van der Waals surface area contributed by atoms with Crippen LogP contribution in [0.2, 0.25) is 0 Å². The predicted octanol–water partition coefficient (Wildman–Crippen LogP) is 2.88. The van der Waals surface area contributed by atoms with Gasteiger partial charge in [-0.1, -0.05) is 6.07 Å². The number of amides is 2. The first kappa shape index (κ1) is 21.5. The molecule has 1 aliphatic rings. The van der Waals surface area contributed by atoms with Crippen LogP contribution in [-0.4, -0.2) is 39.5 Å². The van der Waals surface area contributed by atoms with Crippen molar-refractivity contribution >= 4 is 23.2 Å². The normalized spacial score (nSPS) is 14.6. The van der Waals surface area contributed by atoms with Crippen molar-refractivity contribution in [1.82, 2.24) is 15.3 Å². The number of aliphatic hydroxyl groups is 1. The molecule has 8 heteroatoms. The molecule has 0 saturated heterocycles. The lowest BCUT2D eigenvalue weighted by Gasteiger charge is -2.15. The van der Waals surface area contributed by atoms with Crippen LogP contribution < -0.4 is 16.3 Å². The number of rotatable bonds is 7. The minimum Gasteiger partial charge on any atom is -0.394 e. The van der Waals surface area contributed by atoms with Gasteiger partial charge in [0.05, 0.1) is 6.61 Å². The van der Waals surface area contributed by atoms with Gasteiger partial charge in [-0.2, -0.15) is 4.99 Å². The van der Waals surface area contributed by atoms with Crippen molar-refractivity contribution in [1.29, 1.82) is 0 Å². The summed E-state index contributed by atoms with van der Waals surface area (Å²) in [6.07, 6.45) is 5.38. The summed E-state index contributed by atoms with van der Waals surface area (Å²) in [4.78, 5) is 35.9. The SMILES string of the molecule is CC(CO)NC(=O)c1cccc(Nc2ccc(C(=O)N=c3nccc[nH]3)cc2C2CC2)c1. The van der Waals surface area contributed by atoms with Gasteiger partial charge in [-0.15, -0.1) is 0 Å². The van der Waals surface area contributed by atoms with E-state index in [-0.39, 0.29) is 30.1 Å². The number of aromatic nitrogens is 2. The largest absolute Gasteiger partial charge is 0.394 e. The Hall–Kier alpha value is -3.78. The van der Waals surface area contributed by atoms with E-state index >= 15 is 0 Å². The lowest BCUT2D eigenvalue weighted by Crippen LogP contribution is -2.34. The Labute approximate surface area is 185 Å². The first-order chi connectivity index (χ1) is 15.5. The number of aliphatic hydroxyl groups excluding tert-OH is 1. The van der Waals surface area contributed by atoms with Crippen molar-refractivity contribution < 1.29 is 14.7 Å². The Morgan fingerprint density at radius 1 is 1.19 bits per heavy atom. The van der Waals surface area contributed by atoms with Crippen LogP contribution in [0.15, 0.2) is 65.9 Å². The summed E-state index contributed by atoms with van der Waals surface area (Å²) in [5, 5.41) is 15.3. The van der Waals surface area contributed by atoms with Gasteiger partial charge in [-0.3, -0.25) is 9.59 Å². The zero-order valence-electron chi connectivity index (χ0n) is 17.7. The van der Waals surface area contributed by atoms with E-state index in [0.717, 1.165) is 29.8 Å². The molecule has 8 nitrogen and oxygen atoms in total. The topological polar surface area (TPSA) is 119 Å². The Kier molecular flexibility index (Phi) is 6.42. The van der Waals surface area contributed by atoms with Gasteiger partial charge in [0.15, 0.2) is 0 Å². The number of carbonyl (C=O) groups is 2. The third-order valence-corrected chi connectivity index (χ3v) is 5.17. The molecular weight excluding hydrogens is 406 g/mol. The molecule has 3 aromatic rings. The summed E-state index contributed by atoms with van der Waals surface area (Å²) < 4.78 is 0. The zero-order valence-corrected chi connectivity index (χ0v) is 17.7. The smallest absolute Gasteiger partial charge is 0.280 e. The Balaban J connectivity index is 1.57. The van der Waals surface area contributed by atoms with E-state index in [1.807, 2.05) is 18.2 Å². The van der Waals surface area contributed by atoms with Crippen molar-refractivity contribution in [3.63, 3.8) is 0 Å². The molecule has 32 heavy (non-hydrogen) atoms. The molecular formula is C24H25N5O3. The van der Waals surface area contributed by atoms with E-state index in [4.69, 9.17) is 5.11 Å². The van der Waals surface area contributed by atoms with E-state index in [0.29, 0.717) is 17.0 Å². The van der Waals surface area contributed by atoms with Crippen LogP contribution in [0, 0.1) is 0 Å². The van der Waals surface area contributed by atoms with Gasteiger partial charge in [0.1, 0.15) is 0 Å². The molecule has 1 unspecified atom stereocenters. The summed E-state index contributed by atoms with van der Waals surface area (Å²) in [5.41, 5.74) is 3.99. The van der Waals surface area contributed by atoms with Crippen LogP contribution in [0.1, 0.15) is 52.0 Å². The van der Waals surface area contributed by atoms with Gasteiger partial charge in [0.2, 0.25) is 5.62 Å². The first-order valence-corrected chi connectivity index (χ1v) is 10.5. The minimum absolute atomic E-state index is 0.121. The van der Waals surface area contributed by atoms with Gasteiger partial charge in [-0.25, -0.2) is 4.98 Å². The summed E-state index contributed by atoms with van der Waals surface area (Å²) in [6, 6.07) is 14.1. The molecule has 0 bridgehead atoms. The number of carbonyl (C=O) groups excluding carboxylic acids is 2. The Morgan fingerprint density at radius 2 is 2.03 bits per heavy atom. The predicted molar refractivity (Wildman–Crippen MR) is 121 cm³/mol. The van der Waals surface area contributed by atoms with Gasteiger partial charge >= 0.3 is 0 Å². The van der Waals surface area contributed by atoms with Crippen molar-refractivity contribution in [2.45, 2.75) is 31.7 Å². The molecule has 1 aliphatic carbocycles. The first-order valence-electron chi connectivity index (χ1n) is 10.5. The summed E-state index contributed by atoms with van der Waals surface area (Å²) in [7, 11) is 0. The number of hydrogen-bond donors (Lipinski definition) is 4. The average molecular weight is 431 g/mol. The minimum atomic E-state index is -0.356. The standard InChI is InChI=1S/C24H25N5O3/c1-15(14-30)27-22(31)17-4-2-5-19(12-17)28-21-9-8-18(13-20(21)16-6-7-16)23(32)29-24-25-10-3-11-26-24/h2-5,8-13,15-16,28,30H,6-7,14H2,1H3,(H,27,31)(H,25,26,29,32). The average Bonchev–Trinajstić information content (AvgIpc) is 3.65. The van der Waals surface area contributed by atoms with Crippen LogP contribution in [0.5, 0.6) is 0 Å². The summed E-state index contributed by atoms with van der Waals surface area (Å²) in [5.74, 6) is -0.208. The number of aromatic amines is 1. The number of anilines is 2. The Morgan fingerprint density at radius 3 is 2.75 bits per heavy atom. The van der Waals surface area contributed by atoms with Crippen LogP contribution in [0.25, 0.3) is 0 Å². The lowest BCUT2D eigenvalue weighted by molar-refractivity contribution is 0.0921. The highest BCUT2D eigenvalue weighted by molar-refractivity contribution is 5.96. The molecule has 4 rings (SSSR count). The van der Waals surface area contributed by atoms with Gasteiger partial charge in [0.25, 0.3) is 11.8 Å². The van der Waals surface area contributed by atoms with Gasteiger partial charge in [-0.05, 0) is 73.7 Å². The van der Waals surface area contributed by atoms with Crippen molar-refractivity contribution in [2.75, 3.05) is 11.9 Å². The molecule has 2 aromatic carbocycles. The maximum Gasteiger partial charge on any atom is 0.280 e. The lowest BCUT2D eigenvalue weighted by atomic mass is 10.0. The molecule has 164 valence electrons. The molecule has 0 spiro atoms. The number of nitrogens with one attached hydrogen (secondary N) is 3. The molecule has 0 radical (unpaired) electrons. The second kappa shape index (κ2) is 9.57. The number of benzene rings is 2. The number of nitrogens with zero attached hydrogens (tertiary/aromatic N) is 2. The quantitative estimate of drug-likeness (QED) is 0.459. The molecule has 1 heterocycles. The highest BCUT2D eigenvalue weighted by Gasteiger charge is 2.27. The van der Waals surface area contributed by atoms with Crippen molar-refractivity contribution in [3.8, 4) is 0 Å². The van der Waals surface area contributed by atoms with Crippen LogP contribution in [0.4, 0.5) is 11.4 Å². The summed E-state index contributed by atoms with van der Waals surface area (Å²) >= 11 is 0. The molecule has 1 aromatic heterocycles. The Bertz CT molecular complexity index is 1180. The fourth-order valence-electron chi connectivity index (χ4n) is 3.33. The van der Waals surface area contributed by atoms with Crippen LogP contribution in [-0.2, 0) is 0 Å². The molecule has 1 fully saturated rings. The second-order valence-corrected chi connectivity index (χ2v) is 7.86. The highest BCUT2D eigenvalue weighted by Crippen LogP contribution is 2.44. The third-order valence-electron chi connectivity index (χ3n) is 5.17. The summed E-state index contributed by atoms with van der Waals surface area (Å²) in [6.45, 7) is 1.62. The van der Waals surface area contributed by atoms with Gasteiger partial charge < -0.3 is 20.7 Å². The molecule has 4 N–H and O–H groups in total. The zero-order chi connectivity index (χ0) is 22.5. The number of H-pyrrole nitrogens is 1. The molecule has 1 atom stereocenters. The maximum atomic E-state index is 12.6. The van der Waals surface area contributed by atoms with E-state index in [1.54, 1.807) is 49.6 Å². The fourth-order valence-corrected chi connectivity index (χ4v) is 3.33. The van der Waals surface area contributed by atoms with Gasteiger partial charge in [0, 0.05) is 40.9 Å². The maximum absolute atomic E-state index is 12.6. The van der Waals surface area contributed by atoms with Crippen LogP contribution in [0.3, 0.4) is 0 Å². The van der Waals surface area contributed by atoms with E-state index in [1.165, 1.54) is 0 Å². The fraction of sp³-hybridized carbons (Fsp3) is 0.250. The van der Waals surface area contributed by atoms with E-state index < -0.39 is 0 Å². The molecule has 0 aliphatic heterocycles. The monoisotopic (exact) mass is 431 g/mol. The van der Waals surface area contributed by atoms with Crippen molar-refractivity contribution in [2.24, 2.45) is 4.99 Å². The van der Waals surface area contributed by atoms with Crippen LogP contribution >= 0.6 is 0 Å². The molecule has 1 saturated carbocycles.